The summed E-state index contributed by atoms with van der Waals surface area (Å²) in [5.74, 6) is -0.325. The molecule has 0 fully saturated rings. The van der Waals surface area contributed by atoms with Gasteiger partial charge in [-0.05, 0) is 17.7 Å². The summed E-state index contributed by atoms with van der Waals surface area (Å²) in [6.45, 7) is 0.491. The molecule has 0 saturated carbocycles. The molecule has 0 aliphatic heterocycles. The summed E-state index contributed by atoms with van der Waals surface area (Å²) in [5, 5.41) is 4.43. The first-order chi connectivity index (χ1) is 9.15. The second-order valence-corrected chi connectivity index (χ2v) is 4.35. The fourth-order valence-electron chi connectivity index (χ4n) is 1.77. The fourth-order valence-corrected chi connectivity index (χ4v) is 2.03. The number of nitrogens with zero attached hydrogens (tertiary/aromatic N) is 2. The third kappa shape index (κ3) is 3.00. The van der Waals surface area contributed by atoms with Crippen LogP contribution in [0.15, 0.2) is 24.3 Å². The van der Waals surface area contributed by atoms with Crippen LogP contribution in [0.2, 0.25) is 5.15 Å². The normalized spacial score (nSPS) is 10.7. The third-order valence-electron chi connectivity index (χ3n) is 2.62. The SMILES string of the molecule is COCc1nn(Cc2cccc(F)c2)c(Cl)c1C=O. The minimum absolute atomic E-state index is 0.198. The van der Waals surface area contributed by atoms with Gasteiger partial charge in [-0.3, -0.25) is 4.79 Å². The average Bonchev–Trinajstić information content (AvgIpc) is 2.66. The molecule has 0 atom stereocenters. The topological polar surface area (TPSA) is 44.1 Å². The Morgan fingerprint density at radius 3 is 2.95 bits per heavy atom. The van der Waals surface area contributed by atoms with Crippen LogP contribution in [-0.2, 0) is 17.9 Å². The van der Waals surface area contributed by atoms with E-state index in [0.717, 1.165) is 0 Å². The van der Waals surface area contributed by atoms with Gasteiger partial charge in [0.15, 0.2) is 6.29 Å². The van der Waals surface area contributed by atoms with Crippen molar-refractivity contribution in [2.45, 2.75) is 13.2 Å². The van der Waals surface area contributed by atoms with Gasteiger partial charge < -0.3 is 4.74 Å². The maximum absolute atomic E-state index is 13.1. The Kier molecular flexibility index (Phi) is 4.29. The van der Waals surface area contributed by atoms with Crippen LogP contribution in [-0.4, -0.2) is 23.2 Å². The quantitative estimate of drug-likeness (QED) is 0.792. The first-order valence-corrected chi connectivity index (χ1v) is 5.97. The zero-order valence-corrected chi connectivity index (χ0v) is 11.0. The summed E-state index contributed by atoms with van der Waals surface area (Å²) in [7, 11) is 1.51. The lowest BCUT2D eigenvalue weighted by Crippen LogP contribution is -2.03. The van der Waals surface area contributed by atoms with Crippen molar-refractivity contribution in [3.63, 3.8) is 0 Å². The van der Waals surface area contributed by atoms with Crippen molar-refractivity contribution < 1.29 is 13.9 Å². The molecule has 1 aromatic heterocycles. The van der Waals surface area contributed by atoms with Crippen molar-refractivity contribution in [3.05, 3.63) is 52.1 Å². The number of aldehydes is 1. The molecule has 0 aliphatic carbocycles. The van der Waals surface area contributed by atoms with E-state index in [1.54, 1.807) is 12.1 Å². The van der Waals surface area contributed by atoms with Gasteiger partial charge in [-0.2, -0.15) is 5.10 Å². The van der Waals surface area contributed by atoms with E-state index < -0.39 is 0 Å². The zero-order chi connectivity index (χ0) is 13.8. The van der Waals surface area contributed by atoms with E-state index in [1.165, 1.54) is 23.9 Å². The first-order valence-electron chi connectivity index (χ1n) is 5.59. The lowest BCUT2D eigenvalue weighted by molar-refractivity contribution is 0.111. The highest BCUT2D eigenvalue weighted by Crippen LogP contribution is 2.20. The summed E-state index contributed by atoms with van der Waals surface area (Å²) in [5.41, 5.74) is 1.49. The van der Waals surface area contributed by atoms with Crippen LogP contribution in [0.3, 0.4) is 0 Å². The molecule has 19 heavy (non-hydrogen) atoms. The molecule has 0 bridgehead atoms. The molecule has 0 aliphatic rings. The predicted octanol–water partition coefficient (Wildman–Crippen LogP) is 2.68. The van der Waals surface area contributed by atoms with E-state index in [2.05, 4.69) is 5.10 Å². The van der Waals surface area contributed by atoms with Gasteiger partial charge in [-0.15, -0.1) is 0 Å². The molecule has 0 amide bonds. The molecule has 4 nitrogen and oxygen atoms in total. The minimum Gasteiger partial charge on any atom is -0.378 e. The van der Waals surface area contributed by atoms with Crippen molar-refractivity contribution in [2.75, 3.05) is 7.11 Å². The van der Waals surface area contributed by atoms with E-state index >= 15 is 0 Å². The van der Waals surface area contributed by atoms with Crippen LogP contribution >= 0.6 is 11.6 Å². The number of ether oxygens (including phenoxy) is 1. The second kappa shape index (κ2) is 5.95. The molecule has 0 radical (unpaired) electrons. The lowest BCUT2D eigenvalue weighted by atomic mass is 10.2. The number of benzene rings is 1. The molecule has 1 heterocycles. The Morgan fingerprint density at radius 2 is 2.32 bits per heavy atom. The number of carbonyl (C=O) groups is 1. The Balaban J connectivity index is 2.32. The van der Waals surface area contributed by atoms with Crippen molar-refractivity contribution >= 4 is 17.9 Å². The second-order valence-electron chi connectivity index (χ2n) is 3.99. The van der Waals surface area contributed by atoms with E-state index in [0.29, 0.717) is 29.7 Å². The van der Waals surface area contributed by atoms with Crippen molar-refractivity contribution in [1.82, 2.24) is 9.78 Å². The Hall–Kier alpha value is -1.72. The molecule has 1 aromatic carbocycles. The Bertz CT molecular complexity index is 598. The largest absolute Gasteiger partial charge is 0.378 e. The van der Waals surface area contributed by atoms with Gasteiger partial charge in [0.25, 0.3) is 0 Å². The summed E-state index contributed by atoms with van der Waals surface area (Å²) >= 11 is 6.07. The van der Waals surface area contributed by atoms with Crippen LogP contribution in [0.4, 0.5) is 4.39 Å². The fraction of sp³-hybridized carbons (Fsp3) is 0.231. The average molecular weight is 283 g/mol. The van der Waals surface area contributed by atoms with Crippen LogP contribution in [0.25, 0.3) is 0 Å². The first kappa shape index (κ1) is 13.7. The van der Waals surface area contributed by atoms with Crippen LogP contribution in [0, 0.1) is 5.82 Å². The standard InChI is InChI=1S/C13H12ClFN2O2/c1-19-8-12-11(7-18)13(14)17(16-12)6-9-3-2-4-10(15)5-9/h2-5,7H,6,8H2,1H3. The number of halogens is 2. The van der Waals surface area contributed by atoms with Crippen LogP contribution < -0.4 is 0 Å². The van der Waals surface area contributed by atoms with Crippen molar-refractivity contribution in [3.8, 4) is 0 Å². The minimum atomic E-state index is -0.325. The number of carbonyl (C=O) groups excluding carboxylic acids is 1. The number of aromatic nitrogens is 2. The molecule has 0 unspecified atom stereocenters. The van der Waals surface area contributed by atoms with Crippen molar-refractivity contribution in [1.29, 1.82) is 0 Å². The molecule has 0 N–H and O–H groups in total. The highest BCUT2D eigenvalue weighted by atomic mass is 35.5. The number of hydrogen-bond acceptors (Lipinski definition) is 3. The van der Waals surface area contributed by atoms with Gasteiger partial charge in [0.1, 0.15) is 16.7 Å². The predicted molar refractivity (Wildman–Crippen MR) is 68.8 cm³/mol. The molecule has 0 saturated heterocycles. The summed E-state index contributed by atoms with van der Waals surface area (Å²) in [4.78, 5) is 11.0. The summed E-state index contributed by atoms with van der Waals surface area (Å²) < 4.78 is 19.5. The molecule has 0 spiro atoms. The van der Waals surface area contributed by atoms with Crippen molar-refractivity contribution in [2.24, 2.45) is 0 Å². The van der Waals surface area contributed by atoms with Gasteiger partial charge in [-0.1, -0.05) is 23.7 Å². The van der Waals surface area contributed by atoms with E-state index in [-0.39, 0.29) is 17.6 Å². The van der Waals surface area contributed by atoms with E-state index in [1.807, 2.05) is 0 Å². The van der Waals surface area contributed by atoms with Crippen LogP contribution in [0.1, 0.15) is 21.6 Å². The maximum Gasteiger partial charge on any atom is 0.155 e. The summed E-state index contributed by atoms with van der Waals surface area (Å²) in [6.07, 6.45) is 0.645. The smallest absolute Gasteiger partial charge is 0.155 e. The van der Waals surface area contributed by atoms with E-state index in [4.69, 9.17) is 16.3 Å². The number of hydrogen-bond donors (Lipinski definition) is 0. The van der Waals surface area contributed by atoms with Gasteiger partial charge in [-0.25, -0.2) is 9.07 Å². The van der Waals surface area contributed by atoms with Gasteiger partial charge >= 0.3 is 0 Å². The van der Waals surface area contributed by atoms with Gasteiger partial charge in [0, 0.05) is 7.11 Å². The van der Waals surface area contributed by atoms with Crippen LogP contribution in [0.5, 0.6) is 0 Å². The molecule has 100 valence electrons. The number of rotatable bonds is 5. The Morgan fingerprint density at radius 1 is 1.53 bits per heavy atom. The Labute approximate surface area is 114 Å². The molecule has 2 rings (SSSR count). The molecular formula is C13H12ClFN2O2. The highest BCUT2D eigenvalue weighted by molar-refractivity contribution is 6.32. The van der Waals surface area contributed by atoms with Gasteiger partial charge in [0.05, 0.1) is 18.7 Å². The zero-order valence-electron chi connectivity index (χ0n) is 10.3. The summed E-state index contributed by atoms with van der Waals surface area (Å²) in [6, 6.07) is 6.13. The van der Waals surface area contributed by atoms with E-state index in [9.17, 15) is 9.18 Å². The van der Waals surface area contributed by atoms with Gasteiger partial charge in [0.2, 0.25) is 0 Å². The molecule has 6 heteroatoms. The molecule has 2 aromatic rings. The maximum atomic E-state index is 13.1. The lowest BCUT2D eigenvalue weighted by Gasteiger charge is -2.03. The number of methoxy groups -OCH3 is 1. The highest BCUT2D eigenvalue weighted by Gasteiger charge is 2.15. The third-order valence-corrected chi connectivity index (χ3v) is 3.02. The monoisotopic (exact) mass is 282 g/mol. The molecular weight excluding hydrogens is 271 g/mol.